The summed E-state index contributed by atoms with van der Waals surface area (Å²) in [6.45, 7) is 4.01. The van der Waals surface area contributed by atoms with Gasteiger partial charge in [0.2, 0.25) is 5.91 Å². The third kappa shape index (κ3) is 4.87. The molecule has 1 amide bonds. The molecule has 1 aliphatic carbocycles. The summed E-state index contributed by atoms with van der Waals surface area (Å²) in [5.41, 5.74) is 2.66. The van der Waals surface area contributed by atoms with Crippen molar-refractivity contribution in [3.63, 3.8) is 0 Å². The lowest BCUT2D eigenvalue weighted by Gasteiger charge is -2.34. The molecule has 10 heteroatoms. The number of nitrogens with zero attached hydrogens (tertiary/aromatic N) is 4. The minimum Gasteiger partial charge on any atom is -0.483 e. The summed E-state index contributed by atoms with van der Waals surface area (Å²) in [6.07, 6.45) is 5.70. The molecule has 3 aromatic heterocycles. The summed E-state index contributed by atoms with van der Waals surface area (Å²) < 4.78 is 12.8. The van der Waals surface area contributed by atoms with E-state index in [-0.39, 0.29) is 6.47 Å². The number of ether oxygens (including phenoxy) is 1. The Bertz CT molecular complexity index is 1270. The number of hydrogen-bond donors (Lipinski definition) is 1. The van der Waals surface area contributed by atoms with Gasteiger partial charge >= 0.3 is 0 Å². The van der Waals surface area contributed by atoms with Gasteiger partial charge in [0.05, 0.1) is 11.0 Å². The van der Waals surface area contributed by atoms with Crippen molar-refractivity contribution in [3.8, 4) is 10.9 Å². The Morgan fingerprint density at radius 2 is 2.03 bits per heavy atom. The molecule has 34 heavy (non-hydrogen) atoms. The molecule has 2 fully saturated rings. The molecule has 4 heterocycles. The minimum atomic E-state index is -0.250. The zero-order chi connectivity index (χ0) is 23.5. The Kier molecular flexibility index (Phi) is 6.41. The van der Waals surface area contributed by atoms with Crippen LogP contribution in [-0.4, -0.2) is 63.4 Å². The maximum Gasteiger partial charge on any atom is 0.290 e. The molecule has 1 N–H and O–H groups in total. The predicted octanol–water partition coefficient (Wildman–Crippen LogP) is 3.98. The first-order valence-electron chi connectivity index (χ1n) is 11.1. The van der Waals surface area contributed by atoms with Crippen LogP contribution >= 0.6 is 11.3 Å². The maximum absolute atomic E-state index is 12.2. The van der Waals surface area contributed by atoms with Crippen LogP contribution in [0.25, 0.3) is 21.3 Å². The number of amides is 1. The number of aromatic nitrogens is 2. The fourth-order valence-electron chi connectivity index (χ4n) is 4.10. The van der Waals surface area contributed by atoms with Crippen LogP contribution in [0.2, 0.25) is 0 Å². The van der Waals surface area contributed by atoms with E-state index in [1.165, 1.54) is 11.3 Å². The van der Waals surface area contributed by atoms with Crippen molar-refractivity contribution in [2.45, 2.75) is 19.4 Å². The van der Waals surface area contributed by atoms with Crippen LogP contribution in [0.5, 0.6) is 10.9 Å². The number of furan rings is 1. The average molecular weight is 481 g/mol. The number of rotatable bonds is 5. The number of hydrogen-bond acceptors (Lipinski definition) is 8. The lowest BCUT2D eigenvalue weighted by Crippen LogP contribution is -2.48. The van der Waals surface area contributed by atoms with Crippen molar-refractivity contribution in [1.29, 1.82) is 0 Å². The Morgan fingerprint density at radius 3 is 2.76 bits per heavy atom. The van der Waals surface area contributed by atoms with E-state index < -0.39 is 0 Å². The van der Waals surface area contributed by atoms with E-state index in [4.69, 9.17) is 19.1 Å². The minimum absolute atomic E-state index is 0.250. The molecular formula is C24H24N4O5S. The first-order valence-corrected chi connectivity index (χ1v) is 11.9. The van der Waals surface area contributed by atoms with Crippen LogP contribution in [-0.2, 0) is 16.1 Å². The van der Waals surface area contributed by atoms with Crippen molar-refractivity contribution in [3.05, 3.63) is 48.4 Å². The lowest BCUT2D eigenvalue weighted by molar-refractivity contribution is -0.134. The van der Waals surface area contributed by atoms with Crippen molar-refractivity contribution in [1.82, 2.24) is 19.8 Å². The summed E-state index contributed by atoms with van der Waals surface area (Å²) in [4.78, 5) is 33.7. The third-order valence-electron chi connectivity index (χ3n) is 5.98. The third-order valence-corrected chi connectivity index (χ3v) is 6.87. The summed E-state index contributed by atoms with van der Waals surface area (Å²) in [5.74, 6) is 1.35. The van der Waals surface area contributed by atoms with Crippen LogP contribution in [0, 0.1) is 5.92 Å². The monoisotopic (exact) mass is 480 g/mol. The predicted molar refractivity (Wildman–Crippen MR) is 127 cm³/mol. The van der Waals surface area contributed by atoms with Gasteiger partial charge in [0.25, 0.3) is 11.7 Å². The summed E-state index contributed by atoms with van der Waals surface area (Å²) in [5, 5.41) is 8.55. The van der Waals surface area contributed by atoms with Gasteiger partial charge < -0.3 is 19.2 Å². The normalized spacial score (nSPS) is 16.3. The van der Waals surface area contributed by atoms with Gasteiger partial charge in [0.15, 0.2) is 5.65 Å². The van der Waals surface area contributed by atoms with Crippen molar-refractivity contribution < 1.29 is 23.8 Å². The molecular weight excluding hydrogens is 456 g/mol. The highest BCUT2D eigenvalue weighted by Crippen LogP contribution is 2.33. The Balaban J connectivity index is 0.000000764. The zero-order valence-corrected chi connectivity index (χ0v) is 19.2. The van der Waals surface area contributed by atoms with E-state index in [2.05, 4.69) is 14.9 Å². The second-order valence-corrected chi connectivity index (χ2v) is 9.30. The smallest absolute Gasteiger partial charge is 0.290 e. The average Bonchev–Trinajstić information content (AvgIpc) is 3.51. The second-order valence-electron chi connectivity index (χ2n) is 8.31. The maximum atomic E-state index is 12.2. The van der Waals surface area contributed by atoms with E-state index in [1.54, 1.807) is 6.20 Å². The fourth-order valence-corrected chi connectivity index (χ4v) is 4.89. The first kappa shape index (κ1) is 22.3. The van der Waals surface area contributed by atoms with Crippen molar-refractivity contribution in [2.75, 3.05) is 26.2 Å². The quantitative estimate of drug-likeness (QED) is 0.427. The largest absolute Gasteiger partial charge is 0.483 e. The number of carboxylic acid groups (broad SMARTS) is 1. The number of piperazine rings is 1. The SMILES string of the molecule is O=C(C1CC1)N1CCN(Cc2coc3cc(Oc4nc5ncccc5s4)ccc23)CC1.O=CO. The molecule has 2 aliphatic rings. The van der Waals surface area contributed by atoms with E-state index in [1.807, 2.05) is 41.5 Å². The number of fused-ring (bicyclic) bond motifs is 2. The number of pyridine rings is 1. The Hall–Kier alpha value is -3.50. The molecule has 6 rings (SSSR count). The number of benzene rings is 1. The van der Waals surface area contributed by atoms with Gasteiger partial charge in [-0.15, -0.1) is 0 Å². The molecule has 176 valence electrons. The van der Waals surface area contributed by atoms with Gasteiger partial charge in [-0.3, -0.25) is 14.5 Å². The molecule has 0 bridgehead atoms. The number of thiazole rings is 1. The Morgan fingerprint density at radius 1 is 1.24 bits per heavy atom. The van der Waals surface area contributed by atoms with Crippen LogP contribution < -0.4 is 4.74 Å². The van der Waals surface area contributed by atoms with E-state index in [0.717, 1.165) is 66.8 Å². The number of carbonyl (C=O) groups excluding carboxylic acids is 1. The first-order chi connectivity index (χ1) is 16.6. The highest BCUT2D eigenvalue weighted by molar-refractivity contribution is 7.20. The standard InChI is InChI=1S/C23H22N4O3S.CH2O2/c28-22(15-3-4-15)27-10-8-26(9-11-27)13-16-14-29-19-12-17(5-6-18(16)19)30-23-25-21-20(31-23)2-1-7-24-21;2-1-3/h1-2,5-7,12,14-15H,3-4,8-11,13H2;1H,(H,2,3). The lowest BCUT2D eigenvalue weighted by atomic mass is 10.1. The second kappa shape index (κ2) is 9.78. The molecule has 0 spiro atoms. The van der Waals surface area contributed by atoms with E-state index >= 15 is 0 Å². The molecule has 0 unspecified atom stereocenters. The topological polar surface area (TPSA) is 109 Å². The van der Waals surface area contributed by atoms with Gasteiger partial charge in [-0.2, -0.15) is 4.98 Å². The molecule has 4 aromatic rings. The molecule has 1 saturated heterocycles. The van der Waals surface area contributed by atoms with Crippen LogP contribution in [0.3, 0.4) is 0 Å². The van der Waals surface area contributed by atoms with Gasteiger partial charge in [0, 0.05) is 61.9 Å². The molecule has 1 aliphatic heterocycles. The van der Waals surface area contributed by atoms with Crippen LogP contribution in [0.15, 0.2) is 47.2 Å². The summed E-state index contributed by atoms with van der Waals surface area (Å²) >= 11 is 1.47. The fraction of sp³-hybridized carbons (Fsp3) is 0.333. The summed E-state index contributed by atoms with van der Waals surface area (Å²) in [6, 6.07) is 9.78. The van der Waals surface area contributed by atoms with E-state index in [9.17, 15) is 4.79 Å². The van der Waals surface area contributed by atoms with Gasteiger partial charge in [0.1, 0.15) is 11.3 Å². The summed E-state index contributed by atoms with van der Waals surface area (Å²) in [7, 11) is 0. The number of carbonyl (C=O) groups is 2. The molecule has 9 nitrogen and oxygen atoms in total. The molecule has 0 atom stereocenters. The van der Waals surface area contributed by atoms with Gasteiger partial charge in [-0.05, 0) is 37.1 Å². The van der Waals surface area contributed by atoms with E-state index in [0.29, 0.717) is 28.4 Å². The molecule has 1 saturated carbocycles. The van der Waals surface area contributed by atoms with Crippen molar-refractivity contribution >= 4 is 45.0 Å². The zero-order valence-electron chi connectivity index (χ0n) is 18.4. The molecule has 0 radical (unpaired) electrons. The van der Waals surface area contributed by atoms with Gasteiger partial charge in [-0.1, -0.05) is 11.3 Å². The van der Waals surface area contributed by atoms with Crippen LogP contribution in [0.4, 0.5) is 0 Å². The van der Waals surface area contributed by atoms with Gasteiger partial charge in [-0.25, -0.2) is 4.98 Å². The van der Waals surface area contributed by atoms with Crippen molar-refractivity contribution in [2.24, 2.45) is 5.92 Å². The van der Waals surface area contributed by atoms with Crippen LogP contribution in [0.1, 0.15) is 18.4 Å². The highest BCUT2D eigenvalue weighted by atomic mass is 32.1. The highest BCUT2D eigenvalue weighted by Gasteiger charge is 2.34. The Labute approximate surface area is 199 Å². The molecule has 1 aromatic carbocycles.